The zero-order valence-electron chi connectivity index (χ0n) is 11.9. The molecule has 0 radical (unpaired) electrons. The van der Waals surface area contributed by atoms with Crippen molar-refractivity contribution in [2.45, 2.75) is 24.7 Å². The number of hydrogen-bond donors (Lipinski definition) is 2. The summed E-state index contributed by atoms with van der Waals surface area (Å²) >= 11 is 0. The van der Waals surface area contributed by atoms with Crippen LogP contribution in [0.4, 0.5) is 5.69 Å². The first-order chi connectivity index (χ1) is 9.51. The molecule has 0 fully saturated rings. The molecule has 0 unspecified atom stereocenters. The summed E-state index contributed by atoms with van der Waals surface area (Å²) in [6, 6.07) is 4.50. The second-order valence-electron chi connectivity index (χ2n) is 4.22. The lowest BCUT2D eigenvalue weighted by Gasteiger charge is -2.10. The molecule has 0 spiro atoms. The molecule has 0 aromatic heterocycles. The van der Waals surface area contributed by atoms with Gasteiger partial charge in [0.05, 0.1) is 12.3 Å². The zero-order valence-corrected chi connectivity index (χ0v) is 12.7. The monoisotopic (exact) mass is 302 g/mol. The SMILES string of the molecule is CCCCOCCOc1ccc(S(=O)(=O)NC)c(N)c1. The largest absolute Gasteiger partial charge is 0.491 e. The normalized spacial score (nSPS) is 11.5. The van der Waals surface area contributed by atoms with E-state index < -0.39 is 10.0 Å². The van der Waals surface area contributed by atoms with Crippen molar-refractivity contribution in [3.63, 3.8) is 0 Å². The average Bonchev–Trinajstić information content (AvgIpc) is 2.42. The predicted octanol–water partition coefficient (Wildman–Crippen LogP) is 1.37. The number of ether oxygens (including phenoxy) is 2. The third kappa shape index (κ3) is 4.99. The lowest BCUT2D eigenvalue weighted by atomic mass is 10.3. The van der Waals surface area contributed by atoms with Gasteiger partial charge in [0.2, 0.25) is 10.0 Å². The number of nitrogen functional groups attached to an aromatic ring is 1. The molecule has 0 heterocycles. The summed E-state index contributed by atoms with van der Waals surface area (Å²) in [4.78, 5) is 0.0477. The lowest BCUT2D eigenvalue weighted by Crippen LogP contribution is -2.20. The van der Waals surface area contributed by atoms with Gasteiger partial charge in [0.15, 0.2) is 0 Å². The van der Waals surface area contributed by atoms with Gasteiger partial charge in [-0.3, -0.25) is 0 Å². The van der Waals surface area contributed by atoms with Gasteiger partial charge < -0.3 is 15.2 Å². The molecule has 20 heavy (non-hydrogen) atoms. The van der Waals surface area contributed by atoms with Crippen molar-refractivity contribution in [3.8, 4) is 5.75 Å². The Morgan fingerprint density at radius 3 is 2.60 bits per heavy atom. The Morgan fingerprint density at radius 2 is 2.00 bits per heavy atom. The Bertz CT molecular complexity index is 517. The highest BCUT2D eigenvalue weighted by molar-refractivity contribution is 7.89. The summed E-state index contributed by atoms with van der Waals surface area (Å²) in [7, 11) is -2.20. The molecule has 0 aliphatic heterocycles. The van der Waals surface area contributed by atoms with Crippen LogP contribution in [0.1, 0.15) is 19.8 Å². The topological polar surface area (TPSA) is 90.6 Å². The molecule has 114 valence electrons. The molecular weight excluding hydrogens is 280 g/mol. The molecule has 0 aliphatic rings. The fourth-order valence-electron chi connectivity index (χ4n) is 1.54. The highest BCUT2D eigenvalue weighted by Crippen LogP contribution is 2.23. The van der Waals surface area contributed by atoms with Crippen LogP contribution < -0.4 is 15.2 Å². The third-order valence-electron chi connectivity index (χ3n) is 2.68. The van der Waals surface area contributed by atoms with Crippen LogP contribution in [0.15, 0.2) is 23.1 Å². The summed E-state index contributed by atoms with van der Waals surface area (Å²) in [6.45, 7) is 3.72. The van der Waals surface area contributed by atoms with Gasteiger partial charge in [0.1, 0.15) is 17.3 Å². The Labute approximate surface area is 120 Å². The molecule has 0 aliphatic carbocycles. The van der Waals surface area contributed by atoms with Gasteiger partial charge in [0, 0.05) is 12.7 Å². The third-order valence-corrected chi connectivity index (χ3v) is 4.17. The number of nitrogens with two attached hydrogens (primary N) is 1. The predicted molar refractivity (Wildman–Crippen MR) is 78.3 cm³/mol. The number of nitrogens with one attached hydrogen (secondary N) is 1. The minimum atomic E-state index is -3.54. The Balaban J connectivity index is 2.52. The summed E-state index contributed by atoms with van der Waals surface area (Å²) < 4.78 is 36.3. The smallest absolute Gasteiger partial charge is 0.242 e. The van der Waals surface area contributed by atoms with E-state index >= 15 is 0 Å². The number of anilines is 1. The minimum absolute atomic E-state index is 0.0477. The van der Waals surface area contributed by atoms with Gasteiger partial charge in [-0.1, -0.05) is 13.3 Å². The maximum Gasteiger partial charge on any atom is 0.242 e. The Kier molecular flexibility index (Phi) is 6.77. The first-order valence-corrected chi connectivity index (χ1v) is 8.03. The van der Waals surface area contributed by atoms with Gasteiger partial charge in [-0.25, -0.2) is 13.1 Å². The van der Waals surface area contributed by atoms with E-state index in [0.717, 1.165) is 19.4 Å². The zero-order chi connectivity index (χ0) is 15.0. The summed E-state index contributed by atoms with van der Waals surface area (Å²) in [5, 5.41) is 0. The summed E-state index contributed by atoms with van der Waals surface area (Å²) in [6.07, 6.45) is 2.13. The van der Waals surface area contributed by atoms with E-state index in [1.807, 2.05) is 0 Å². The molecule has 3 N–H and O–H groups in total. The lowest BCUT2D eigenvalue weighted by molar-refractivity contribution is 0.0980. The second kappa shape index (κ2) is 8.08. The molecule has 6 nitrogen and oxygen atoms in total. The first kappa shape index (κ1) is 16.7. The standard InChI is InChI=1S/C13H22N2O4S/c1-3-4-7-18-8-9-19-11-5-6-13(12(14)10-11)20(16,17)15-2/h5-6,10,15H,3-4,7-9,14H2,1-2H3. The number of unbranched alkanes of at least 4 members (excludes halogenated alkanes) is 1. The molecule has 0 saturated carbocycles. The molecule has 0 atom stereocenters. The molecule has 1 aromatic rings. The Hall–Kier alpha value is -1.31. The van der Waals surface area contributed by atoms with Crippen molar-refractivity contribution in [2.24, 2.45) is 0 Å². The number of rotatable bonds is 9. The van der Waals surface area contributed by atoms with E-state index in [1.165, 1.54) is 19.2 Å². The minimum Gasteiger partial charge on any atom is -0.491 e. The van der Waals surface area contributed by atoms with Crippen molar-refractivity contribution in [1.82, 2.24) is 4.72 Å². The summed E-state index contributed by atoms with van der Waals surface area (Å²) in [5.41, 5.74) is 5.88. The first-order valence-electron chi connectivity index (χ1n) is 6.55. The van der Waals surface area contributed by atoms with E-state index in [9.17, 15) is 8.42 Å². The van der Waals surface area contributed by atoms with E-state index in [2.05, 4.69) is 11.6 Å². The van der Waals surface area contributed by atoms with Crippen LogP contribution in [-0.4, -0.2) is 35.3 Å². The highest BCUT2D eigenvalue weighted by atomic mass is 32.2. The molecular formula is C13H22N2O4S. The van der Waals surface area contributed by atoms with Gasteiger partial charge in [-0.15, -0.1) is 0 Å². The number of sulfonamides is 1. The van der Waals surface area contributed by atoms with E-state index in [0.29, 0.717) is 19.0 Å². The Morgan fingerprint density at radius 1 is 1.25 bits per heavy atom. The second-order valence-corrected chi connectivity index (χ2v) is 6.08. The number of hydrogen-bond acceptors (Lipinski definition) is 5. The molecule has 0 amide bonds. The molecule has 1 rings (SSSR count). The van der Waals surface area contributed by atoms with Gasteiger partial charge >= 0.3 is 0 Å². The molecule has 0 saturated heterocycles. The van der Waals surface area contributed by atoms with Crippen LogP contribution in [0.5, 0.6) is 5.75 Å². The maximum absolute atomic E-state index is 11.6. The summed E-state index contributed by atoms with van der Waals surface area (Å²) in [5.74, 6) is 0.525. The van der Waals surface area contributed by atoms with Crippen LogP contribution in [0, 0.1) is 0 Å². The van der Waals surface area contributed by atoms with Crippen molar-refractivity contribution in [2.75, 3.05) is 32.6 Å². The van der Waals surface area contributed by atoms with Gasteiger partial charge in [0.25, 0.3) is 0 Å². The maximum atomic E-state index is 11.6. The highest BCUT2D eigenvalue weighted by Gasteiger charge is 2.15. The number of benzene rings is 1. The van der Waals surface area contributed by atoms with Crippen molar-refractivity contribution < 1.29 is 17.9 Å². The molecule has 0 bridgehead atoms. The van der Waals surface area contributed by atoms with Crippen molar-refractivity contribution >= 4 is 15.7 Å². The molecule has 7 heteroatoms. The average molecular weight is 302 g/mol. The van der Waals surface area contributed by atoms with Crippen molar-refractivity contribution in [3.05, 3.63) is 18.2 Å². The van der Waals surface area contributed by atoms with E-state index in [4.69, 9.17) is 15.2 Å². The fraction of sp³-hybridized carbons (Fsp3) is 0.538. The van der Waals surface area contributed by atoms with E-state index in [1.54, 1.807) is 6.07 Å². The van der Waals surface area contributed by atoms with Crippen molar-refractivity contribution in [1.29, 1.82) is 0 Å². The van der Waals surface area contributed by atoms with Crippen LogP contribution in [0.2, 0.25) is 0 Å². The van der Waals surface area contributed by atoms with Crippen LogP contribution in [0.3, 0.4) is 0 Å². The fourth-order valence-corrected chi connectivity index (χ4v) is 2.37. The van der Waals surface area contributed by atoms with Crippen LogP contribution in [0.25, 0.3) is 0 Å². The quantitative estimate of drug-likeness (QED) is 0.531. The van der Waals surface area contributed by atoms with Crippen LogP contribution in [-0.2, 0) is 14.8 Å². The van der Waals surface area contributed by atoms with E-state index in [-0.39, 0.29) is 10.6 Å². The molecule has 1 aromatic carbocycles. The van der Waals surface area contributed by atoms with Gasteiger partial charge in [-0.2, -0.15) is 0 Å². The van der Waals surface area contributed by atoms with Gasteiger partial charge in [-0.05, 0) is 25.6 Å². The van der Waals surface area contributed by atoms with Crippen LogP contribution >= 0.6 is 0 Å².